The first-order chi connectivity index (χ1) is 6.17. The molecule has 13 heavy (non-hydrogen) atoms. The molecule has 5 heteroatoms. The Kier molecular flexibility index (Phi) is 5.34. The quantitative estimate of drug-likeness (QED) is 0.208. The minimum absolute atomic E-state index is 0.258. The van der Waals surface area contributed by atoms with E-state index in [1.54, 1.807) is 6.92 Å². The summed E-state index contributed by atoms with van der Waals surface area (Å²) in [7, 11) is 2.34. The molecule has 5 nitrogen and oxygen atoms in total. The summed E-state index contributed by atoms with van der Waals surface area (Å²) < 4.78 is 13.5. The minimum Gasteiger partial charge on any atom is -0.500 e. The van der Waals surface area contributed by atoms with E-state index >= 15 is 0 Å². The Morgan fingerprint density at radius 3 is 1.92 bits per heavy atom. The number of hydrogen-bond acceptors (Lipinski definition) is 5. The van der Waals surface area contributed by atoms with Gasteiger partial charge in [0.15, 0.2) is 5.57 Å². The van der Waals surface area contributed by atoms with Gasteiger partial charge in [0, 0.05) is 0 Å². The van der Waals surface area contributed by atoms with Gasteiger partial charge < -0.3 is 14.2 Å². The van der Waals surface area contributed by atoms with Crippen LogP contribution in [0.5, 0.6) is 0 Å². The molecule has 0 radical (unpaired) electrons. The van der Waals surface area contributed by atoms with Crippen LogP contribution in [0.4, 0.5) is 0 Å². The molecule has 0 aliphatic heterocycles. The second-order valence-corrected chi connectivity index (χ2v) is 1.97. The van der Waals surface area contributed by atoms with Gasteiger partial charge in [-0.2, -0.15) is 0 Å². The molecule has 0 aliphatic carbocycles. The topological polar surface area (TPSA) is 61.8 Å². The second-order valence-electron chi connectivity index (χ2n) is 1.97. The first-order valence-electron chi connectivity index (χ1n) is 3.65. The molecule has 0 aromatic heterocycles. The van der Waals surface area contributed by atoms with Crippen LogP contribution in [0.15, 0.2) is 11.8 Å². The van der Waals surface area contributed by atoms with Gasteiger partial charge in [-0.15, -0.1) is 0 Å². The average Bonchev–Trinajstić information content (AvgIpc) is 2.17. The number of esters is 2. The molecule has 0 aliphatic rings. The summed E-state index contributed by atoms with van der Waals surface area (Å²) in [5, 5.41) is 0. The van der Waals surface area contributed by atoms with Crippen LogP contribution in [0.1, 0.15) is 6.92 Å². The normalized spacial score (nSPS) is 8.54. The lowest BCUT2D eigenvalue weighted by atomic mass is 10.3. The number of carbonyl (C=O) groups is 2. The van der Waals surface area contributed by atoms with E-state index in [1.165, 1.54) is 14.2 Å². The van der Waals surface area contributed by atoms with Crippen LogP contribution in [-0.4, -0.2) is 32.8 Å². The third-order valence-electron chi connectivity index (χ3n) is 1.18. The molecule has 0 atom stereocenters. The highest BCUT2D eigenvalue weighted by molar-refractivity contribution is 6.13. The van der Waals surface area contributed by atoms with Gasteiger partial charge in [-0.1, -0.05) is 0 Å². The van der Waals surface area contributed by atoms with Crippen LogP contribution < -0.4 is 0 Å². The van der Waals surface area contributed by atoms with Crippen LogP contribution in [0.25, 0.3) is 0 Å². The molecular formula is C8H12O5. The average molecular weight is 188 g/mol. The molecular weight excluding hydrogens is 176 g/mol. The SMILES string of the molecule is CCOC=C(C(=O)OC)C(=O)OC. The van der Waals surface area contributed by atoms with Crippen molar-refractivity contribution in [3.8, 4) is 0 Å². The van der Waals surface area contributed by atoms with Crippen molar-refractivity contribution in [2.45, 2.75) is 6.92 Å². The van der Waals surface area contributed by atoms with Gasteiger partial charge >= 0.3 is 11.9 Å². The number of hydrogen-bond donors (Lipinski definition) is 0. The lowest BCUT2D eigenvalue weighted by Gasteiger charge is -2.02. The van der Waals surface area contributed by atoms with E-state index in [4.69, 9.17) is 4.74 Å². The summed E-state index contributed by atoms with van der Waals surface area (Å²) in [6.07, 6.45) is 1.03. The van der Waals surface area contributed by atoms with Gasteiger partial charge in [0.25, 0.3) is 0 Å². The summed E-state index contributed by atoms with van der Waals surface area (Å²) in [6.45, 7) is 2.08. The van der Waals surface area contributed by atoms with Gasteiger partial charge in [-0.3, -0.25) is 0 Å². The van der Waals surface area contributed by atoms with Crippen molar-refractivity contribution in [1.29, 1.82) is 0 Å². The Balaban J connectivity index is 4.54. The second kappa shape index (κ2) is 6.05. The van der Waals surface area contributed by atoms with Crippen molar-refractivity contribution in [3.05, 3.63) is 11.8 Å². The maximum Gasteiger partial charge on any atom is 0.348 e. The van der Waals surface area contributed by atoms with Crippen molar-refractivity contribution >= 4 is 11.9 Å². The Labute approximate surface area is 76.3 Å². The smallest absolute Gasteiger partial charge is 0.348 e. The highest BCUT2D eigenvalue weighted by Gasteiger charge is 2.19. The zero-order chi connectivity index (χ0) is 10.3. The molecule has 0 saturated carbocycles. The molecule has 0 fully saturated rings. The van der Waals surface area contributed by atoms with E-state index in [-0.39, 0.29) is 5.57 Å². The van der Waals surface area contributed by atoms with Crippen LogP contribution in [0, 0.1) is 0 Å². The number of methoxy groups -OCH3 is 2. The Morgan fingerprint density at radius 1 is 1.15 bits per heavy atom. The lowest BCUT2D eigenvalue weighted by molar-refractivity contribution is -0.144. The van der Waals surface area contributed by atoms with E-state index in [2.05, 4.69) is 9.47 Å². The summed E-state index contributed by atoms with van der Waals surface area (Å²) in [4.78, 5) is 21.9. The summed E-state index contributed by atoms with van der Waals surface area (Å²) in [5.74, 6) is -1.55. The Hall–Kier alpha value is -1.52. The molecule has 0 saturated heterocycles. The van der Waals surface area contributed by atoms with E-state index in [0.29, 0.717) is 6.61 Å². The fourth-order valence-electron chi connectivity index (χ4n) is 0.566. The van der Waals surface area contributed by atoms with Gasteiger partial charge in [-0.05, 0) is 6.92 Å². The largest absolute Gasteiger partial charge is 0.500 e. The van der Waals surface area contributed by atoms with Gasteiger partial charge in [0.2, 0.25) is 0 Å². The van der Waals surface area contributed by atoms with E-state index < -0.39 is 11.9 Å². The zero-order valence-electron chi connectivity index (χ0n) is 7.83. The Bertz CT molecular complexity index is 201. The predicted octanol–water partition coefficient (Wildman–Crippen LogP) is 0.253. The molecule has 0 heterocycles. The van der Waals surface area contributed by atoms with Crippen LogP contribution in [0.3, 0.4) is 0 Å². The molecule has 74 valence electrons. The van der Waals surface area contributed by atoms with Crippen LogP contribution in [0.2, 0.25) is 0 Å². The fourth-order valence-corrected chi connectivity index (χ4v) is 0.566. The number of ether oxygens (including phenoxy) is 3. The highest BCUT2D eigenvalue weighted by Crippen LogP contribution is 2.00. The maximum absolute atomic E-state index is 10.9. The van der Waals surface area contributed by atoms with E-state index in [9.17, 15) is 9.59 Å². The maximum atomic E-state index is 10.9. The Morgan fingerprint density at radius 2 is 1.62 bits per heavy atom. The lowest BCUT2D eigenvalue weighted by Crippen LogP contribution is -2.16. The predicted molar refractivity (Wildman–Crippen MR) is 43.7 cm³/mol. The number of carbonyl (C=O) groups excluding carboxylic acids is 2. The molecule has 0 aromatic rings. The van der Waals surface area contributed by atoms with Crippen molar-refractivity contribution < 1.29 is 23.8 Å². The summed E-state index contributed by atoms with van der Waals surface area (Å²) in [5.41, 5.74) is -0.258. The molecule has 0 N–H and O–H groups in total. The van der Waals surface area contributed by atoms with Crippen molar-refractivity contribution in [2.24, 2.45) is 0 Å². The molecule has 0 rings (SSSR count). The third-order valence-corrected chi connectivity index (χ3v) is 1.18. The molecule has 0 unspecified atom stereocenters. The first-order valence-corrected chi connectivity index (χ1v) is 3.65. The zero-order valence-corrected chi connectivity index (χ0v) is 7.83. The highest BCUT2D eigenvalue weighted by atomic mass is 16.5. The molecule has 0 aromatic carbocycles. The van der Waals surface area contributed by atoms with Crippen molar-refractivity contribution in [1.82, 2.24) is 0 Å². The van der Waals surface area contributed by atoms with Gasteiger partial charge in [-0.25, -0.2) is 9.59 Å². The van der Waals surface area contributed by atoms with Crippen molar-refractivity contribution in [3.63, 3.8) is 0 Å². The fraction of sp³-hybridized carbons (Fsp3) is 0.500. The monoisotopic (exact) mass is 188 g/mol. The van der Waals surface area contributed by atoms with Gasteiger partial charge in [0.05, 0.1) is 20.8 Å². The van der Waals surface area contributed by atoms with E-state index in [0.717, 1.165) is 6.26 Å². The number of rotatable bonds is 4. The van der Waals surface area contributed by atoms with Crippen LogP contribution in [-0.2, 0) is 23.8 Å². The standard InChI is InChI=1S/C8H12O5/c1-4-13-5-6(7(9)11-2)8(10)12-3/h5H,4H2,1-3H3. The molecule has 0 amide bonds. The molecule has 0 spiro atoms. The first kappa shape index (κ1) is 11.5. The van der Waals surface area contributed by atoms with E-state index in [1.807, 2.05) is 0 Å². The summed E-state index contributed by atoms with van der Waals surface area (Å²) in [6, 6.07) is 0. The summed E-state index contributed by atoms with van der Waals surface area (Å²) >= 11 is 0. The van der Waals surface area contributed by atoms with Crippen molar-refractivity contribution in [2.75, 3.05) is 20.8 Å². The molecule has 0 bridgehead atoms. The van der Waals surface area contributed by atoms with Gasteiger partial charge in [0.1, 0.15) is 6.26 Å². The van der Waals surface area contributed by atoms with Crippen LogP contribution >= 0.6 is 0 Å². The third kappa shape index (κ3) is 3.59. The minimum atomic E-state index is -0.778.